The Bertz CT molecular complexity index is 541. The Balaban J connectivity index is 1.62. The molecule has 1 aliphatic rings. The summed E-state index contributed by atoms with van der Waals surface area (Å²) in [5, 5.41) is 13.9. The average molecular weight is 350 g/mol. The molecular weight excluding hydrogens is 324 g/mol. The van der Waals surface area contributed by atoms with E-state index in [0.717, 1.165) is 37.2 Å². The number of rotatable bonds is 9. The van der Waals surface area contributed by atoms with Gasteiger partial charge in [-0.15, -0.1) is 0 Å². The Morgan fingerprint density at radius 1 is 1.12 bits per heavy atom. The Kier molecular flexibility index (Phi) is 8.21. The molecule has 1 saturated heterocycles. The summed E-state index contributed by atoms with van der Waals surface area (Å²) in [5.74, 6) is -0.858. The largest absolute Gasteiger partial charge is 0.481 e. The van der Waals surface area contributed by atoms with Gasteiger partial charge in [0.05, 0.1) is 12.7 Å². The molecule has 1 aliphatic heterocycles. The SMILES string of the molecule is O=C(O)CCCNC(=O)NCc1ccc(COC2CCOCC2)cc1. The Morgan fingerprint density at radius 2 is 1.80 bits per heavy atom. The van der Waals surface area contributed by atoms with Crippen molar-refractivity contribution in [3.05, 3.63) is 35.4 Å². The molecule has 7 heteroatoms. The van der Waals surface area contributed by atoms with Crippen molar-refractivity contribution in [3.63, 3.8) is 0 Å². The van der Waals surface area contributed by atoms with Crippen LogP contribution in [-0.2, 0) is 27.4 Å². The molecule has 1 fully saturated rings. The number of hydrogen-bond acceptors (Lipinski definition) is 4. The van der Waals surface area contributed by atoms with Crippen LogP contribution in [0.1, 0.15) is 36.8 Å². The van der Waals surface area contributed by atoms with E-state index in [1.165, 1.54) is 0 Å². The molecule has 7 nitrogen and oxygen atoms in total. The van der Waals surface area contributed by atoms with Gasteiger partial charge in [0.2, 0.25) is 0 Å². The lowest BCUT2D eigenvalue weighted by Crippen LogP contribution is -2.35. The summed E-state index contributed by atoms with van der Waals surface area (Å²) in [4.78, 5) is 22.0. The van der Waals surface area contributed by atoms with Crippen molar-refractivity contribution in [2.45, 2.75) is 44.9 Å². The third-order valence-corrected chi connectivity index (χ3v) is 3.98. The molecular formula is C18H26N2O5. The molecule has 2 amide bonds. The maximum absolute atomic E-state index is 11.6. The van der Waals surface area contributed by atoms with E-state index < -0.39 is 5.97 Å². The van der Waals surface area contributed by atoms with Crippen LogP contribution in [0.25, 0.3) is 0 Å². The number of carbonyl (C=O) groups excluding carboxylic acids is 1. The summed E-state index contributed by atoms with van der Waals surface area (Å²) in [6.07, 6.45) is 2.65. The van der Waals surface area contributed by atoms with E-state index in [2.05, 4.69) is 10.6 Å². The van der Waals surface area contributed by atoms with Crippen LogP contribution in [-0.4, -0.2) is 43.0 Å². The van der Waals surface area contributed by atoms with Crippen LogP contribution in [0.5, 0.6) is 0 Å². The summed E-state index contributed by atoms with van der Waals surface area (Å²) in [6, 6.07) is 7.64. The first-order valence-corrected chi connectivity index (χ1v) is 8.64. The summed E-state index contributed by atoms with van der Waals surface area (Å²) in [6.45, 7) is 2.90. The molecule has 25 heavy (non-hydrogen) atoms. The number of carbonyl (C=O) groups is 2. The van der Waals surface area contributed by atoms with Gasteiger partial charge in [0.15, 0.2) is 0 Å². The first-order valence-electron chi connectivity index (χ1n) is 8.64. The van der Waals surface area contributed by atoms with Crippen molar-refractivity contribution in [1.82, 2.24) is 10.6 Å². The molecule has 0 spiro atoms. The lowest BCUT2D eigenvalue weighted by atomic mass is 10.1. The van der Waals surface area contributed by atoms with Crippen molar-refractivity contribution in [2.24, 2.45) is 0 Å². The molecule has 0 atom stereocenters. The van der Waals surface area contributed by atoms with Gasteiger partial charge in [-0.3, -0.25) is 4.79 Å². The van der Waals surface area contributed by atoms with Crippen molar-refractivity contribution in [3.8, 4) is 0 Å². The number of nitrogens with one attached hydrogen (secondary N) is 2. The molecule has 0 bridgehead atoms. The Labute approximate surface area is 147 Å². The van der Waals surface area contributed by atoms with Crippen LogP contribution < -0.4 is 10.6 Å². The van der Waals surface area contributed by atoms with E-state index in [9.17, 15) is 9.59 Å². The highest BCUT2D eigenvalue weighted by atomic mass is 16.5. The molecule has 138 valence electrons. The second-order valence-electron chi connectivity index (χ2n) is 6.05. The molecule has 0 aromatic heterocycles. The zero-order chi connectivity index (χ0) is 17.9. The topological polar surface area (TPSA) is 96.9 Å². The molecule has 1 aromatic rings. The van der Waals surface area contributed by atoms with E-state index in [1.807, 2.05) is 24.3 Å². The number of benzene rings is 1. The van der Waals surface area contributed by atoms with Gasteiger partial charge >= 0.3 is 12.0 Å². The van der Waals surface area contributed by atoms with E-state index in [4.69, 9.17) is 14.6 Å². The third-order valence-electron chi connectivity index (χ3n) is 3.98. The van der Waals surface area contributed by atoms with Crippen LogP contribution in [0.2, 0.25) is 0 Å². The van der Waals surface area contributed by atoms with E-state index in [1.54, 1.807) is 0 Å². The number of ether oxygens (including phenoxy) is 2. The minimum Gasteiger partial charge on any atom is -0.481 e. The zero-order valence-corrected chi connectivity index (χ0v) is 14.3. The zero-order valence-electron chi connectivity index (χ0n) is 14.3. The first-order chi connectivity index (χ1) is 12.1. The number of carboxylic acid groups (broad SMARTS) is 1. The highest BCUT2D eigenvalue weighted by Crippen LogP contribution is 2.14. The molecule has 1 heterocycles. The minimum absolute atomic E-state index is 0.0533. The van der Waals surface area contributed by atoms with Gasteiger partial charge in [0.25, 0.3) is 0 Å². The number of urea groups is 1. The van der Waals surface area contributed by atoms with Crippen LogP contribution >= 0.6 is 0 Å². The summed E-state index contributed by atoms with van der Waals surface area (Å²) >= 11 is 0. The van der Waals surface area contributed by atoms with Crippen LogP contribution in [0, 0.1) is 0 Å². The van der Waals surface area contributed by atoms with Crippen LogP contribution in [0.4, 0.5) is 4.79 Å². The van der Waals surface area contributed by atoms with E-state index in [0.29, 0.717) is 26.1 Å². The number of aliphatic carboxylic acids is 1. The van der Waals surface area contributed by atoms with Crippen LogP contribution in [0.3, 0.4) is 0 Å². The van der Waals surface area contributed by atoms with Gasteiger partial charge in [-0.05, 0) is 30.4 Å². The maximum Gasteiger partial charge on any atom is 0.315 e. The normalized spacial score (nSPS) is 14.9. The second kappa shape index (κ2) is 10.7. The van der Waals surface area contributed by atoms with Crippen molar-refractivity contribution >= 4 is 12.0 Å². The van der Waals surface area contributed by atoms with Gasteiger partial charge in [0, 0.05) is 32.7 Å². The quantitative estimate of drug-likeness (QED) is 0.592. The highest BCUT2D eigenvalue weighted by molar-refractivity contribution is 5.73. The van der Waals surface area contributed by atoms with Crippen molar-refractivity contribution < 1.29 is 24.2 Å². The Hall–Kier alpha value is -2.12. The minimum atomic E-state index is -0.858. The van der Waals surface area contributed by atoms with E-state index in [-0.39, 0.29) is 18.6 Å². The van der Waals surface area contributed by atoms with Crippen molar-refractivity contribution in [2.75, 3.05) is 19.8 Å². The van der Waals surface area contributed by atoms with Crippen LogP contribution in [0.15, 0.2) is 24.3 Å². The smallest absolute Gasteiger partial charge is 0.315 e. The molecule has 0 saturated carbocycles. The van der Waals surface area contributed by atoms with Gasteiger partial charge in [-0.25, -0.2) is 4.79 Å². The lowest BCUT2D eigenvalue weighted by Gasteiger charge is -2.22. The summed E-state index contributed by atoms with van der Waals surface area (Å²) in [7, 11) is 0. The van der Waals surface area contributed by atoms with Gasteiger partial charge in [-0.1, -0.05) is 24.3 Å². The third kappa shape index (κ3) is 8.00. The molecule has 1 aromatic carbocycles. The fourth-order valence-corrected chi connectivity index (χ4v) is 2.50. The fourth-order valence-electron chi connectivity index (χ4n) is 2.50. The lowest BCUT2D eigenvalue weighted by molar-refractivity contribution is -0.137. The molecule has 0 aliphatic carbocycles. The number of amides is 2. The van der Waals surface area contributed by atoms with Gasteiger partial charge in [0.1, 0.15) is 0 Å². The number of hydrogen-bond donors (Lipinski definition) is 3. The van der Waals surface area contributed by atoms with Gasteiger partial charge in [-0.2, -0.15) is 0 Å². The average Bonchev–Trinajstić information content (AvgIpc) is 2.63. The summed E-state index contributed by atoms with van der Waals surface area (Å²) < 4.78 is 11.2. The monoisotopic (exact) mass is 350 g/mol. The maximum atomic E-state index is 11.6. The predicted molar refractivity (Wildman–Crippen MR) is 92.2 cm³/mol. The molecule has 2 rings (SSSR count). The van der Waals surface area contributed by atoms with E-state index >= 15 is 0 Å². The number of carboxylic acids is 1. The highest BCUT2D eigenvalue weighted by Gasteiger charge is 2.13. The van der Waals surface area contributed by atoms with Gasteiger partial charge < -0.3 is 25.2 Å². The Morgan fingerprint density at radius 3 is 2.48 bits per heavy atom. The standard InChI is InChI=1S/C18H26N2O5/c21-17(22)2-1-9-19-18(23)20-12-14-3-5-15(6-4-14)13-25-16-7-10-24-11-8-16/h3-6,16H,1-2,7-13H2,(H,21,22)(H2,19,20,23). The molecule has 0 radical (unpaired) electrons. The summed E-state index contributed by atoms with van der Waals surface area (Å²) in [5.41, 5.74) is 2.10. The first kappa shape index (κ1) is 19.2. The molecule has 0 unspecified atom stereocenters. The van der Waals surface area contributed by atoms with Crippen molar-refractivity contribution in [1.29, 1.82) is 0 Å². The predicted octanol–water partition coefficient (Wildman–Crippen LogP) is 2.05. The fraction of sp³-hybridized carbons (Fsp3) is 0.556. The molecule has 3 N–H and O–H groups in total. The second-order valence-corrected chi connectivity index (χ2v) is 6.05.